The molecule has 0 radical (unpaired) electrons. The van der Waals surface area contributed by atoms with Crippen LogP contribution in [0.2, 0.25) is 0 Å². The number of aromatic nitrogens is 4. The molecule has 5 rings (SSSR count). The van der Waals surface area contributed by atoms with Gasteiger partial charge in [-0.25, -0.2) is 23.1 Å². The number of imidazole rings is 1. The second-order valence-electron chi connectivity index (χ2n) is 9.02. The number of ether oxygens (including phenoxy) is 1. The van der Waals surface area contributed by atoms with Crippen LogP contribution in [-0.2, 0) is 9.53 Å². The van der Waals surface area contributed by atoms with Crippen molar-refractivity contribution in [2.45, 2.75) is 50.6 Å². The molecule has 1 saturated carbocycles. The molecule has 1 saturated heterocycles. The predicted octanol–water partition coefficient (Wildman–Crippen LogP) is 3.79. The summed E-state index contributed by atoms with van der Waals surface area (Å²) in [7, 11) is 0. The first-order valence-electron chi connectivity index (χ1n) is 11.7. The van der Waals surface area contributed by atoms with Crippen LogP contribution in [0.3, 0.4) is 0 Å². The van der Waals surface area contributed by atoms with Crippen molar-refractivity contribution >= 4 is 34.7 Å². The standard InChI is InChI=1S/C23H26F3N7O2/c24-15-9-17(26)18(10-16(15)25)30-23-31-19-11-28-22(29-13-5-7-35-8-6-13)32-21(19)33(23)14-3-1-12(2-4-14)20(27)34/h9-14H,1-8H2,(H2,27,34)(H,30,31)(H,28,29,32)/t12-,14-. The normalized spacial score (nSPS) is 21.2. The summed E-state index contributed by atoms with van der Waals surface area (Å²) in [4.78, 5) is 25.2. The summed E-state index contributed by atoms with van der Waals surface area (Å²) in [6.45, 7) is 1.32. The highest BCUT2D eigenvalue weighted by Gasteiger charge is 2.29. The highest BCUT2D eigenvalue weighted by molar-refractivity contribution is 5.78. The average molecular weight is 490 g/mol. The van der Waals surface area contributed by atoms with E-state index in [0.717, 1.165) is 18.9 Å². The van der Waals surface area contributed by atoms with Crippen LogP contribution >= 0.6 is 0 Å². The Kier molecular flexibility index (Phi) is 6.46. The lowest BCUT2D eigenvalue weighted by molar-refractivity contribution is -0.122. The third-order valence-electron chi connectivity index (χ3n) is 6.71. The summed E-state index contributed by atoms with van der Waals surface area (Å²) in [6, 6.07) is 1.30. The molecule has 12 heteroatoms. The molecule has 0 bridgehead atoms. The number of carbonyl (C=O) groups excluding carboxylic acids is 1. The summed E-state index contributed by atoms with van der Waals surface area (Å²) < 4.78 is 48.9. The van der Waals surface area contributed by atoms with Gasteiger partial charge in [0.2, 0.25) is 17.8 Å². The second-order valence-corrected chi connectivity index (χ2v) is 9.02. The lowest BCUT2D eigenvalue weighted by Crippen LogP contribution is -2.29. The van der Waals surface area contributed by atoms with E-state index in [1.807, 2.05) is 4.57 Å². The Morgan fingerprint density at radius 2 is 1.71 bits per heavy atom. The molecular formula is C23H26F3N7O2. The second kappa shape index (κ2) is 9.68. The Bertz CT molecular complexity index is 1240. The number of fused-ring (bicyclic) bond motifs is 1. The number of hydrogen-bond acceptors (Lipinski definition) is 7. The number of rotatable bonds is 6. The molecule has 35 heavy (non-hydrogen) atoms. The Morgan fingerprint density at radius 1 is 1.00 bits per heavy atom. The highest BCUT2D eigenvalue weighted by Crippen LogP contribution is 2.37. The fourth-order valence-electron chi connectivity index (χ4n) is 4.78. The molecule has 3 aromatic rings. The van der Waals surface area contributed by atoms with Crippen LogP contribution in [-0.4, -0.2) is 44.7 Å². The fraction of sp³-hybridized carbons (Fsp3) is 0.478. The van der Waals surface area contributed by atoms with Crippen molar-refractivity contribution in [1.29, 1.82) is 0 Å². The summed E-state index contributed by atoms with van der Waals surface area (Å²) in [5.41, 5.74) is 6.22. The zero-order valence-corrected chi connectivity index (χ0v) is 18.9. The quantitative estimate of drug-likeness (QED) is 0.451. The summed E-state index contributed by atoms with van der Waals surface area (Å²) in [6.07, 6.45) is 5.68. The molecule has 0 unspecified atom stereocenters. The van der Waals surface area contributed by atoms with Gasteiger partial charge >= 0.3 is 0 Å². The number of benzene rings is 1. The van der Waals surface area contributed by atoms with E-state index in [-0.39, 0.29) is 35.5 Å². The van der Waals surface area contributed by atoms with Crippen LogP contribution in [0.15, 0.2) is 18.3 Å². The van der Waals surface area contributed by atoms with Crippen LogP contribution in [0, 0.1) is 23.4 Å². The van der Waals surface area contributed by atoms with Crippen molar-refractivity contribution < 1.29 is 22.7 Å². The third-order valence-corrected chi connectivity index (χ3v) is 6.71. The van der Waals surface area contributed by atoms with E-state index in [1.54, 1.807) is 6.20 Å². The number of nitrogens with zero attached hydrogens (tertiary/aromatic N) is 4. The SMILES string of the molecule is NC(=O)[C@H]1CC[C@H](n2c(Nc3cc(F)c(F)cc3F)nc3cnc(NC4CCOCC4)nc32)CC1. The maximum atomic E-state index is 14.4. The fourth-order valence-corrected chi connectivity index (χ4v) is 4.78. The number of carbonyl (C=O) groups is 1. The van der Waals surface area contributed by atoms with Gasteiger partial charge in [-0.2, -0.15) is 4.98 Å². The first-order valence-corrected chi connectivity index (χ1v) is 11.7. The van der Waals surface area contributed by atoms with Gasteiger partial charge in [0, 0.05) is 43.3 Å². The average Bonchev–Trinajstić information content (AvgIpc) is 3.20. The van der Waals surface area contributed by atoms with Crippen LogP contribution in [0.25, 0.3) is 11.2 Å². The Balaban J connectivity index is 1.51. The molecule has 2 aromatic heterocycles. The van der Waals surface area contributed by atoms with Gasteiger partial charge in [0.1, 0.15) is 11.3 Å². The number of nitrogens with one attached hydrogen (secondary N) is 2. The number of hydrogen-bond donors (Lipinski definition) is 3. The number of halogens is 3. The number of primary amides is 1. The zero-order valence-electron chi connectivity index (χ0n) is 18.9. The van der Waals surface area contributed by atoms with E-state index in [1.165, 1.54) is 0 Å². The maximum Gasteiger partial charge on any atom is 0.224 e. The summed E-state index contributed by atoms with van der Waals surface area (Å²) in [5, 5.41) is 6.13. The monoisotopic (exact) mass is 489 g/mol. The molecule has 1 amide bonds. The zero-order chi connectivity index (χ0) is 24.5. The minimum Gasteiger partial charge on any atom is -0.381 e. The molecule has 0 spiro atoms. The summed E-state index contributed by atoms with van der Waals surface area (Å²) in [5.74, 6) is -3.28. The van der Waals surface area contributed by atoms with Gasteiger partial charge in [0.25, 0.3) is 0 Å². The van der Waals surface area contributed by atoms with Crippen molar-refractivity contribution in [3.63, 3.8) is 0 Å². The molecule has 9 nitrogen and oxygen atoms in total. The first kappa shape index (κ1) is 23.3. The molecule has 3 heterocycles. The Hall–Kier alpha value is -3.41. The molecule has 1 aromatic carbocycles. The van der Waals surface area contributed by atoms with Gasteiger partial charge in [-0.05, 0) is 38.5 Å². The number of amides is 1. The molecule has 2 aliphatic rings. The molecule has 186 valence electrons. The molecule has 2 fully saturated rings. The smallest absolute Gasteiger partial charge is 0.224 e. The van der Waals surface area contributed by atoms with E-state index in [2.05, 4.69) is 20.6 Å². The van der Waals surface area contributed by atoms with Crippen molar-refractivity contribution in [3.05, 3.63) is 35.8 Å². The van der Waals surface area contributed by atoms with Crippen molar-refractivity contribution in [2.75, 3.05) is 23.8 Å². The van der Waals surface area contributed by atoms with Crippen LogP contribution in [0.1, 0.15) is 44.6 Å². The molecular weight excluding hydrogens is 463 g/mol. The van der Waals surface area contributed by atoms with Crippen molar-refractivity contribution in [2.24, 2.45) is 11.7 Å². The molecule has 1 aliphatic heterocycles. The summed E-state index contributed by atoms with van der Waals surface area (Å²) >= 11 is 0. The largest absolute Gasteiger partial charge is 0.381 e. The number of nitrogens with two attached hydrogens (primary N) is 1. The van der Waals surface area contributed by atoms with Crippen LogP contribution < -0.4 is 16.4 Å². The van der Waals surface area contributed by atoms with Gasteiger partial charge in [0.15, 0.2) is 17.3 Å². The van der Waals surface area contributed by atoms with Crippen LogP contribution in [0.5, 0.6) is 0 Å². The first-order chi connectivity index (χ1) is 16.9. The van der Waals surface area contributed by atoms with Gasteiger partial charge in [-0.1, -0.05) is 0 Å². The Morgan fingerprint density at radius 3 is 2.43 bits per heavy atom. The third kappa shape index (κ3) is 4.88. The van der Waals surface area contributed by atoms with E-state index >= 15 is 0 Å². The van der Waals surface area contributed by atoms with E-state index in [9.17, 15) is 18.0 Å². The van der Waals surface area contributed by atoms with Gasteiger partial charge in [-0.3, -0.25) is 9.36 Å². The van der Waals surface area contributed by atoms with Gasteiger partial charge in [0.05, 0.1) is 11.9 Å². The van der Waals surface area contributed by atoms with Gasteiger partial charge < -0.3 is 21.1 Å². The lowest BCUT2D eigenvalue weighted by Gasteiger charge is -2.29. The minimum absolute atomic E-state index is 0.114. The molecule has 1 aliphatic carbocycles. The number of anilines is 3. The maximum absolute atomic E-state index is 14.4. The van der Waals surface area contributed by atoms with Crippen molar-refractivity contribution in [1.82, 2.24) is 19.5 Å². The molecule has 4 N–H and O–H groups in total. The van der Waals surface area contributed by atoms with E-state index in [4.69, 9.17) is 15.5 Å². The highest BCUT2D eigenvalue weighted by atomic mass is 19.2. The van der Waals surface area contributed by atoms with Gasteiger partial charge in [-0.15, -0.1) is 0 Å². The lowest BCUT2D eigenvalue weighted by atomic mass is 9.85. The Labute approximate surface area is 199 Å². The minimum atomic E-state index is -1.28. The van der Waals surface area contributed by atoms with E-state index in [0.29, 0.717) is 62.1 Å². The van der Waals surface area contributed by atoms with Crippen LogP contribution in [0.4, 0.5) is 30.8 Å². The topological polar surface area (TPSA) is 120 Å². The molecule has 0 atom stereocenters. The van der Waals surface area contributed by atoms with E-state index < -0.39 is 17.5 Å². The van der Waals surface area contributed by atoms with Crippen molar-refractivity contribution in [3.8, 4) is 0 Å². The predicted molar refractivity (Wildman–Crippen MR) is 123 cm³/mol.